The molecule has 1 amide bonds. The molecule has 2 N–H and O–H groups in total. The smallest absolute Gasteiger partial charge is 0.231 e. The number of carbonyl (C=O) groups is 1. The standard InChI is InChI=1S/C17H21NO2S2/c19-14(13-6-11-21-12-13)5-9-18-16(20)17(7-1-2-8-17)15-4-3-10-22-15/h3-4,6,10-12,14,19H,1-2,5,7-9H2,(H,18,20). The highest BCUT2D eigenvalue weighted by Crippen LogP contribution is 2.43. The number of hydrogen-bond donors (Lipinski definition) is 2. The van der Waals surface area contributed by atoms with Crippen LogP contribution in [0.15, 0.2) is 34.3 Å². The van der Waals surface area contributed by atoms with Gasteiger partial charge in [0.1, 0.15) is 0 Å². The summed E-state index contributed by atoms with van der Waals surface area (Å²) < 4.78 is 0. The Morgan fingerprint density at radius 1 is 1.32 bits per heavy atom. The zero-order valence-corrected chi connectivity index (χ0v) is 14.1. The average molecular weight is 335 g/mol. The number of rotatable bonds is 6. The number of aliphatic hydroxyl groups excluding tert-OH is 1. The number of nitrogens with one attached hydrogen (secondary N) is 1. The Hall–Kier alpha value is -1.17. The van der Waals surface area contributed by atoms with Crippen LogP contribution in [0.1, 0.15) is 48.6 Å². The van der Waals surface area contributed by atoms with Gasteiger partial charge in [0.2, 0.25) is 5.91 Å². The first kappa shape index (κ1) is 15.7. The van der Waals surface area contributed by atoms with E-state index in [-0.39, 0.29) is 11.3 Å². The van der Waals surface area contributed by atoms with Gasteiger partial charge in [-0.05, 0) is 53.1 Å². The Morgan fingerprint density at radius 2 is 2.14 bits per heavy atom. The zero-order valence-electron chi connectivity index (χ0n) is 12.5. The average Bonchev–Trinajstić information content (AvgIpc) is 3.27. The van der Waals surface area contributed by atoms with Gasteiger partial charge in [-0.3, -0.25) is 4.79 Å². The third-order valence-corrected chi connectivity index (χ3v) is 6.29. The van der Waals surface area contributed by atoms with E-state index in [0.29, 0.717) is 13.0 Å². The summed E-state index contributed by atoms with van der Waals surface area (Å²) in [5, 5.41) is 19.1. The van der Waals surface area contributed by atoms with Crippen LogP contribution < -0.4 is 5.32 Å². The van der Waals surface area contributed by atoms with Gasteiger partial charge in [0.15, 0.2) is 0 Å². The number of amides is 1. The second-order valence-electron chi connectivity index (χ2n) is 5.88. The maximum Gasteiger partial charge on any atom is 0.231 e. The van der Waals surface area contributed by atoms with E-state index in [9.17, 15) is 9.90 Å². The molecule has 0 radical (unpaired) electrons. The molecule has 1 aliphatic carbocycles. The van der Waals surface area contributed by atoms with Crippen LogP contribution in [0.25, 0.3) is 0 Å². The van der Waals surface area contributed by atoms with Gasteiger partial charge < -0.3 is 10.4 Å². The molecule has 1 atom stereocenters. The molecule has 0 aliphatic heterocycles. The number of thiophene rings is 2. The molecule has 22 heavy (non-hydrogen) atoms. The summed E-state index contributed by atoms with van der Waals surface area (Å²) in [6, 6.07) is 6.03. The highest BCUT2D eigenvalue weighted by molar-refractivity contribution is 7.10. The molecule has 0 saturated heterocycles. The van der Waals surface area contributed by atoms with Crippen molar-refractivity contribution in [1.29, 1.82) is 0 Å². The monoisotopic (exact) mass is 335 g/mol. The van der Waals surface area contributed by atoms with Gasteiger partial charge in [0, 0.05) is 11.4 Å². The highest BCUT2D eigenvalue weighted by atomic mass is 32.1. The Kier molecular flexibility index (Phi) is 4.96. The Balaban J connectivity index is 1.59. The molecule has 2 aromatic rings. The summed E-state index contributed by atoms with van der Waals surface area (Å²) in [7, 11) is 0. The van der Waals surface area contributed by atoms with Gasteiger partial charge in [-0.25, -0.2) is 0 Å². The van der Waals surface area contributed by atoms with Crippen LogP contribution in [0.4, 0.5) is 0 Å². The van der Waals surface area contributed by atoms with Crippen molar-refractivity contribution in [3.05, 3.63) is 44.8 Å². The first-order valence-corrected chi connectivity index (χ1v) is 9.57. The first-order valence-electron chi connectivity index (χ1n) is 7.75. The maximum atomic E-state index is 12.7. The Labute approximate surface area is 139 Å². The Morgan fingerprint density at radius 3 is 2.77 bits per heavy atom. The summed E-state index contributed by atoms with van der Waals surface area (Å²) in [4.78, 5) is 13.9. The van der Waals surface area contributed by atoms with Gasteiger partial charge in [0.25, 0.3) is 0 Å². The fourth-order valence-corrected chi connectivity index (χ4v) is 4.93. The first-order chi connectivity index (χ1) is 10.7. The molecule has 5 heteroatoms. The van der Waals surface area contributed by atoms with Crippen molar-refractivity contribution in [2.45, 2.75) is 43.6 Å². The predicted octanol–water partition coefficient (Wildman–Crippen LogP) is 3.86. The van der Waals surface area contributed by atoms with Crippen LogP contribution in [0, 0.1) is 0 Å². The number of hydrogen-bond acceptors (Lipinski definition) is 4. The molecule has 0 bridgehead atoms. The van der Waals surface area contributed by atoms with E-state index in [0.717, 1.165) is 31.2 Å². The van der Waals surface area contributed by atoms with Crippen molar-refractivity contribution in [2.75, 3.05) is 6.54 Å². The summed E-state index contributed by atoms with van der Waals surface area (Å²) in [5.74, 6) is 0.130. The second kappa shape index (κ2) is 6.94. The van der Waals surface area contributed by atoms with Gasteiger partial charge in [-0.1, -0.05) is 18.9 Å². The molecule has 1 aliphatic rings. The van der Waals surface area contributed by atoms with E-state index < -0.39 is 6.10 Å². The lowest BCUT2D eigenvalue weighted by atomic mass is 9.83. The van der Waals surface area contributed by atoms with Crippen LogP contribution in [0.2, 0.25) is 0 Å². The lowest BCUT2D eigenvalue weighted by molar-refractivity contribution is -0.126. The van der Waals surface area contributed by atoms with Gasteiger partial charge in [-0.15, -0.1) is 11.3 Å². The molecule has 0 aromatic carbocycles. The molecule has 2 aromatic heterocycles. The van der Waals surface area contributed by atoms with Crippen molar-refractivity contribution in [3.8, 4) is 0 Å². The van der Waals surface area contributed by atoms with E-state index >= 15 is 0 Å². The topological polar surface area (TPSA) is 49.3 Å². The summed E-state index contributed by atoms with van der Waals surface area (Å²) >= 11 is 3.26. The normalized spacial score (nSPS) is 18.2. The van der Waals surface area contributed by atoms with Crippen LogP contribution >= 0.6 is 22.7 Å². The maximum absolute atomic E-state index is 12.7. The van der Waals surface area contributed by atoms with Crippen molar-refractivity contribution in [3.63, 3.8) is 0 Å². The van der Waals surface area contributed by atoms with Gasteiger partial charge in [-0.2, -0.15) is 11.3 Å². The van der Waals surface area contributed by atoms with E-state index in [1.54, 1.807) is 22.7 Å². The lowest BCUT2D eigenvalue weighted by Gasteiger charge is -2.26. The van der Waals surface area contributed by atoms with Crippen molar-refractivity contribution < 1.29 is 9.90 Å². The minimum absolute atomic E-state index is 0.130. The second-order valence-corrected chi connectivity index (χ2v) is 7.61. The van der Waals surface area contributed by atoms with Crippen LogP contribution in [0.3, 0.4) is 0 Å². The van der Waals surface area contributed by atoms with E-state index in [4.69, 9.17) is 0 Å². The van der Waals surface area contributed by atoms with E-state index in [2.05, 4.69) is 11.4 Å². The third kappa shape index (κ3) is 3.12. The quantitative estimate of drug-likeness (QED) is 0.842. The molecule has 1 saturated carbocycles. The molecule has 2 heterocycles. The summed E-state index contributed by atoms with van der Waals surface area (Å²) in [5.41, 5.74) is 0.606. The van der Waals surface area contributed by atoms with Crippen LogP contribution in [-0.4, -0.2) is 17.6 Å². The number of aliphatic hydroxyl groups is 1. The molecular weight excluding hydrogens is 314 g/mol. The molecule has 3 nitrogen and oxygen atoms in total. The van der Waals surface area contributed by atoms with Crippen molar-refractivity contribution >= 4 is 28.6 Å². The molecule has 1 unspecified atom stereocenters. The van der Waals surface area contributed by atoms with Crippen molar-refractivity contribution in [1.82, 2.24) is 5.32 Å². The van der Waals surface area contributed by atoms with Crippen LogP contribution in [0.5, 0.6) is 0 Å². The summed E-state index contributed by atoms with van der Waals surface area (Å²) in [6.45, 7) is 0.517. The molecule has 118 valence electrons. The molecule has 1 fully saturated rings. The lowest BCUT2D eigenvalue weighted by Crippen LogP contribution is -2.42. The minimum atomic E-state index is -0.493. The molecular formula is C17H21NO2S2. The Bertz CT molecular complexity index is 586. The zero-order chi connectivity index (χ0) is 15.4. The van der Waals surface area contributed by atoms with Crippen LogP contribution in [-0.2, 0) is 10.2 Å². The molecule has 0 spiro atoms. The van der Waals surface area contributed by atoms with Crippen molar-refractivity contribution in [2.24, 2.45) is 0 Å². The van der Waals surface area contributed by atoms with Gasteiger partial charge in [0.05, 0.1) is 11.5 Å². The largest absolute Gasteiger partial charge is 0.388 e. The predicted molar refractivity (Wildman–Crippen MR) is 91.4 cm³/mol. The number of carbonyl (C=O) groups excluding carboxylic acids is 1. The fourth-order valence-electron chi connectivity index (χ4n) is 3.24. The summed E-state index contributed by atoms with van der Waals surface area (Å²) in [6.07, 6.45) is 4.17. The highest BCUT2D eigenvalue weighted by Gasteiger charge is 2.43. The SMILES string of the molecule is O=C(NCCC(O)c1ccsc1)C1(c2cccs2)CCCC1. The fraction of sp³-hybridized carbons (Fsp3) is 0.471. The van der Waals surface area contributed by atoms with E-state index in [1.807, 2.05) is 28.3 Å². The minimum Gasteiger partial charge on any atom is -0.388 e. The third-order valence-electron chi connectivity index (χ3n) is 4.52. The van der Waals surface area contributed by atoms with E-state index in [1.165, 1.54) is 4.88 Å². The molecule has 3 rings (SSSR count). The van der Waals surface area contributed by atoms with Gasteiger partial charge >= 0.3 is 0 Å².